The molecule has 0 aliphatic carbocycles. The molecule has 4 fully saturated rings. The molecule has 0 saturated carbocycles. The summed E-state index contributed by atoms with van der Waals surface area (Å²) in [5, 5.41) is 0. The van der Waals surface area contributed by atoms with Crippen molar-refractivity contribution < 1.29 is 37.0 Å². The van der Waals surface area contributed by atoms with E-state index in [0.717, 1.165) is 19.3 Å². The molecule has 37 heavy (non-hydrogen) atoms. The average Bonchev–Trinajstić information content (AvgIpc) is 3.37. The number of hydrogen-bond donors (Lipinski definition) is 0. The Hall–Kier alpha value is -3.24. The summed E-state index contributed by atoms with van der Waals surface area (Å²) < 4.78 is 46.1. The molecule has 5 rings (SSSR count). The second-order valence-corrected chi connectivity index (χ2v) is 10.3. The van der Waals surface area contributed by atoms with Crippen LogP contribution in [-0.4, -0.2) is 84.3 Å². The summed E-state index contributed by atoms with van der Waals surface area (Å²) >= 11 is 0. The number of amides is 3. The molecular formula is C26H30F3N3O5. The van der Waals surface area contributed by atoms with E-state index in [9.17, 15) is 27.6 Å². The molecule has 11 heteroatoms. The second-order valence-electron chi connectivity index (χ2n) is 10.3. The fraction of sp³-hybridized carbons (Fsp3) is 0.577. The summed E-state index contributed by atoms with van der Waals surface area (Å²) in [5.74, 6) is 0.255. The van der Waals surface area contributed by atoms with Crippen LogP contribution in [0.1, 0.15) is 31.2 Å². The molecule has 4 atom stereocenters. The number of benzene rings is 1. The molecule has 4 aliphatic heterocycles. The molecule has 0 radical (unpaired) electrons. The number of alkyl halides is 3. The number of urea groups is 1. The van der Waals surface area contributed by atoms with E-state index in [-0.39, 0.29) is 35.7 Å². The van der Waals surface area contributed by atoms with E-state index in [1.54, 1.807) is 11.0 Å². The van der Waals surface area contributed by atoms with E-state index < -0.39 is 6.36 Å². The van der Waals surface area contributed by atoms with Gasteiger partial charge < -0.3 is 24.2 Å². The fourth-order valence-corrected chi connectivity index (χ4v) is 5.91. The zero-order valence-corrected chi connectivity index (χ0v) is 20.4. The smallest absolute Gasteiger partial charge is 0.460 e. The van der Waals surface area contributed by atoms with Crippen molar-refractivity contribution in [2.45, 2.75) is 38.1 Å². The average molecular weight is 522 g/mol. The first kappa shape index (κ1) is 25.4. The molecule has 0 N–H and O–H groups in total. The molecule has 4 saturated heterocycles. The van der Waals surface area contributed by atoms with Gasteiger partial charge in [-0.05, 0) is 54.9 Å². The van der Waals surface area contributed by atoms with Gasteiger partial charge >= 0.3 is 18.4 Å². The number of fused-ring (bicyclic) bond motifs is 2. The van der Waals surface area contributed by atoms with Crippen LogP contribution in [0.25, 0.3) is 6.08 Å². The van der Waals surface area contributed by atoms with Crippen LogP contribution in [0.3, 0.4) is 0 Å². The lowest BCUT2D eigenvalue weighted by molar-refractivity contribution is -0.274. The topological polar surface area (TPSA) is 79.4 Å². The quantitative estimate of drug-likeness (QED) is 0.449. The van der Waals surface area contributed by atoms with Crippen molar-refractivity contribution in [1.82, 2.24) is 14.7 Å². The molecule has 1 aromatic rings. The van der Waals surface area contributed by atoms with Gasteiger partial charge in [-0.15, -0.1) is 13.2 Å². The Morgan fingerprint density at radius 1 is 0.892 bits per heavy atom. The highest BCUT2D eigenvalue weighted by Gasteiger charge is 2.43. The lowest BCUT2D eigenvalue weighted by Crippen LogP contribution is -2.50. The van der Waals surface area contributed by atoms with Crippen molar-refractivity contribution >= 4 is 24.0 Å². The van der Waals surface area contributed by atoms with Crippen LogP contribution >= 0.6 is 0 Å². The zero-order chi connectivity index (χ0) is 26.2. The Bertz CT molecular complexity index is 1040. The van der Waals surface area contributed by atoms with Crippen LogP contribution in [0.4, 0.5) is 18.0 Å². The number of carbonyl (C=O) groups excluding carboxylic acids is 3. The number of esters is 1. The molecule has 0 spiro atoms. The van der Waals surface area contributed by atoms with Gasteiger partial charge in [-0.1, -0.05) is 12.1 Å². The number of carbonyl (C=O) groups is 3. The van der Waals surface area contributed by atoms with Gasteiger partial charge in [0, 0.05) is 44.7 Å². The van der Waals surface area contributed by atoms with Gasteiger partial charge in [-0.3, -0.25) is 9.59 Å². The van der Waals surface area contributed by atoms with Crippen LogP contribution in [-0.2, 0) is 14.3 Å². The van der Waals surface area contributed by atoms with Crippen molar-refractivity contribution in [2.75, 3.05) is 39.3 Å². The molecule has 0 aromatic heterocycles. The van der Waals surface area contributed by atoms with Crippen molar-refractivity contribution in [2.24, 2.45) is 17.8 Å². The molecule has 3 amide bonds. The fourth-order valence-electron chi connectivity index (χ4n) is 5.91. The van der Waals surface area contributed by atoms with E-state index in [1.165, 1.54) is 30.3 Å². The van der Waals surface area contributed by atoms with Crippen LogP contribution in [0.15, 0.2) is 30.3 Å². The Kier molecular flexibility index (Phi) is 7.04. The summed E-state index contributed by atoms with van der Waals surface area (Å²) in [6.07, 6.45) is 0.947. The summed E-state index contributed by atoms with van der Waals surface area (Å²) in [7, 11) is 0. The Balaban J connectivity index is 1.10. The molecular weight excluding hydrogens is 491 g/mol. The third-order valence-electron chi connectivity index (χ3n) is 7.91. The first-order valence-electron chi connectivity index (χ1n) is 12.7. The molecule has 4 aliphatic rings. The first-order chi connectivity index (χ1) is 17.6. The Morgan fingerprint density at radius 2 is 1.51 bits per heavy atom. The van der Waals surface area contributed by atoms with Crippen molar-refractivity contribution in [3.8, 4) is 5.75 Å². The maximum Gasteiger partial charge on any atom is 0.573 e. The van der Waals surface area contributed by atoms with Gasteiger partial charge in [-0.2, -0.15) is 0 Å². The van der Waals surface area contributed by atoms with Crippen LogP contribution < -0.4 is 4.74 Å². The van der Waals surface area contributed by atoms with Gasteiger partial charge in [0.1, 0.15) is 11.9 Å². The SMILES string of the molecule is O=C1C[C@@H]2CCN(C(=O)N3C[C@H]4CCN(C(=O)/C=C/c5ccc(OC(F)(F)F)cc5)CC[C@H]4C3)C[C@H]2O1. The molecule has 1 aromatic carbocycles. The highest BCUT2D eigenvalue weighted by Crippen LogP contribution is 2.34. The molecule has 0 bridgehead atoms. The molecule has 200 valence electrons. The standard InChI is InChI=1S/C26H30F3N3O5/c27-26(28,29)37-21-4-1-17(2-5-21)3-6-23(33)30-10-8-19-14-32(15-20(19)9-11-30)25(35)31-12-7-18-13-24(34)36-22(18)16-31/h1-6,18-20,22H,7-16H2/b6-3+/t18-,19-,20+,22+/m0/s1. The maximum atomic E-state index is 13.2. The normalized spacial score (nSPS) is 28.1. The second kappa shape index (κ2) is 10.3. The van der Waals surface area contributed by atoms with Crippen molar-refractivity contribution in [1.29, 1.82) is 0 Å². The zero-order valence-electron chi connectivity index (χ0n) is 20.4. The van der Waals surface area contributed by atoms with Crippen molar-refractivity contribution in [3.05, 3.63) is 35.9 Å². The highest BCUT2D eigenvalue weighted by molar-refractivity contribution is 5.91. The van der Waals surface area contributed by atoms with Crippen molar-refractivity contribution in [3.63, 3.8) is 0 Å². The number of likely N-dealkylation sites (tertiary alicyclic amines) is 3. The summed E-state index contributed by atoms with van der Waals surface area (Å²) in [6.45, 7) is 3.63. The molecule has 4 heterocycles. The number of hydrogen-bond acceptors (Lipinski definition) is 5. The van der Waals surface area contributed by atoms with E-state index in [1.807, 2.05) is 9.80 Å². The third kappa shape index (κ3) is 6.02. The first-order valence-corrected chi connectivity index (χ1v) is 12.7. The summed E-state index contributed by atoms with van der Waals surface area (Å²) in [4.78, 5) is 43.0. The predicted molar refractivity (Wildman–Crippen MR) is 126 cm³/mol. The minimum absolute atomic E-state index is 0.0111. The minimum atomic E-state index is -4.74. The summed E-state index contributed by atoms with van der Waals surface area (Å²) in [6, 6.07) is 5.35. The largest absolute Gasteiger partial charge is 0.573 e. The van der Waals surface area contributed by atoms with Gasteiger partial charge in [-0.25, -0.2) is 4.79 Å². The number of ether oxygens (including phenoxy) is 2. The molecule has 8 nitrogen and oxygen atoms in total. The van der Waals surface area contributed by atoms with Crippen LogP contribution in [0.5, 0.6) is 5.75 Å². The van der Waals surface area contributed by atoms with Gasteiger partial charge in [0.2, 0.25) is 5.91 Å². The number of piperidine rings is 1. The number of nitrogens with zero attached hydrogens (tertiary/aromatic N) is 3. The summed E-state index contributed by atoms with van der Waals surface area (Å²) in [5.41, 5.74) is 0.597. The van der Waals surface area contributed by atoms with Gasteiger partial charge in [0.25, 0.3) is 0 Å². The predicted octanol–water partition coefficient (Wildman–Crippen LogP) is 3.53. The third-order valence-corrected chi connectivity index (χ3v) is 7.91. The number of rotatable bonds is 3. The maximum absolute atomic E-state index is 13.2. The van der Waals surface area contributed by atoms with Gasteiger partial charge in [0.15, 0.2) is 0 Å². The lowest BCUT2D eigenvalue weighted by atomic mass is 9.92. The van der Waals surface area contributed by atoms with E-state index >= 15 is 0 Å². The van der Waals surface area contributed by atoms with E-state index in [2.05, 4.69) is 4.74 Å². The Morgan fingerprint density at radius 3 is 2.16 bits per heavy atom. The van der Waals surface area contributed by atoms with Gasteiger partial charge in [0.05, 0.1) is 13.0 Å². The number of halogens is 3. The Labute approximate surface area is 213 Å². The highest BCUT2D eigenvalue weighted by atomic mass is 19.4. The van der Waals surface area contributed by atoms with Crippen LogP contribution in [0.2, 0.25) is 0 Å². The van der Waals surface area contributed by atoms with E-state index in [0.29, 0.717) is 63.1 Å². The minimum Gasteiger partial charge on any atom is -0.460 e. The monoisotopic (exact) mass is 521 g/mol. The molecule has 0 unspecified atom stereocenters. The van der Waals surface area contributed by atoms with Crippen LogP contribution in [0, 0.1) is 17.8 Å². The lowest BCUT2D eigenvalue weighted by Gasteiger charge is -2.35. The van der Waals surface area contributed by atoms with E-state index in [4.69, 9.17) is 4.74 Å².